The second-order valence-corrected chi connectivity index (χ2v) is 5.64. The van der Waals surface area contributed by atoms with E-state index in [0.29, 0.717) is 30.2 Å². The molecule has 0 saturated heterocycles. The van der Waals surface area contributed by atoms with E-state index in [2.05, 4.69) is 5.32 Å². The quantitative estimate of drug-likeness (QED) is 0.784. The number of carbonyl (C=O) groups excluding carboxylic acids is 1. The van der Waals surface area contributed by atoms with Gasteiger partial charge in [0.25, 0.3) is 5.91 Å². The molecule has 0 fully saturated rings. The third kappa shape index (κ3) is 4.39. The normalized spacial score (nSPS) is 12.6. The molecule has 2 aromatic carbocycles. The highest BCUT2D eigenvalue weighted by molar-refractivity contribution is 6.08. The lowest BCUT2D eigenvalue weighted by atomic mass is 10.1. The molecule has 1 amide bonds. The maximum Gasteiger partial charge on any atom is 0.255 e. The summed E-state index contributed by atoms with van der Waals surface area (Å²) in [5, 5.41) is 2.91. The summed E-state index contributed by atoms with van der Waals surface area (Å²) < 4.78 is 16.4. The number of carbonyl (C=O) groups is 1. The van der Waals surface area contributed by atoms with E-state index in [1.54, 1.807) is 7.11 Å². The van der Waals surface area contributed by atoms with Crippen LogP contribution in [0.15, 0.2) is 54.1 Å². The van der Waals surface area contributed by atoms with Crippen molar-refractivity contribution < 1.29 is 19.0 Å². The molecule has 5 heteroatoms. The monoisotopic (exact) mass is 339 g/mol. The third-order valence-electron chi connectivity index (χ3n) is 3.81. The average molecular weight is 339 g/mol. The minimum absolute atomic E-state index is 0.192. The van der Waals surface area contributed by atoms with Crippen molar-refractivity contribution in [3.63, 3.8) is 0 Å². The van der Waals surface area contributed by atoms with Crippen molar-refractivity contribution in [1.82, 2.24) is 0 Å². The number of methoxy groups -OCH3 is 1. The zero-order valence-corrected chi connectivity index (χ0v) is 14.2. The van der Waals surface area contributed by atoms with E-state index in [1.165, 1.54) is 0 Å². The number of amides is 1. The highest BCUT2D eigenvalue weighted by atomic mass is 16.5. The molecule has 5 nitrogen and oxygen atoms in total. The summed E-state index contributed by atoms with van der Waals surface area (Å²) in [5.74, 6) is 1.24. The summed E-state index contributed by atoms with van der Waals surface area (Å²) >= 11 is 0. The summed E-state index contributed by atoms with van der Waals surface area (Å²) in [6.45, 7) is 1.41. The number of anilines is 1. The molecule has 1 aliphatic heterocycles. The first-order valence-corrected chi connectivity index (χ1v) is 8.22. The summed E-state index contributed by atoms with van der Waals surface area (Å²) in [5.41, 5.74) is 2.13. The molecule has 25 heavy (non-hydrogen) atoms. The number of hydrogen-bond acceptors (Lipinski definition) is 4. The molecular weight excluding hydrogens is 318 g/mol. The first kappa shape index (κ1) is 17.0. The van der Waals surface area contributed by atoms with Crippen LogP contribution in [-0.2, 0) is 9.53 Å². The van der Waals surface area contributed by atoms with Gasteiger partial charge in [-0.2, -0.15) is 0 Å². The average Bonchev–Trinajstić information content (AvgIpc) is 2.66. The van der Waals surface area contributed by atoms with Crippen LogP contribution in [-0.4, -0.2) is 32.8 Å². The van der Waals surface area contributed by atoms with Crippen molar-refractivity contribution >= 4 is 17.7 Å². The lowest BCUT2D eigenvalue weighted by Crippen LogP contribution is -2.21. The molecule has 3 rings (SSSR count). The van der Waals surface area contributed by atoms with Crippen LogP contribution in [0.25, 0.3) is 6.08 Å². The van der Waals surface area contributed by atoms with Gasteiger partial charge in [-0.3, -0.25) is 4.79 Å². The number of fused-ring (bicyclic) bond motifs is 1. The van der Waals surface area contributed by atoms with E-state index in [-0.39, 0.29) is 12.5 Å². The topological polar surface area (TPSA) is 56.8 Å². The fourth-order valence-electron chi connectivity index (χ4n) is 2.53. The smallest absolute Gasteiger partial charge is 0.255 e. The van der Waals surface area contributed by atoms with Crippen LogP contribution >= 0.6 is 0 Å². The molecule has 0 aliphatic carbocycles. The predicted molar refractivity (Wildman–Crippen MR) is 97.0 cm³/mol. The van der Waals surface area contributed by atoms with Gasteiger partial charge in [-0.05, 0) is 24.3 Å². The van der Waals surface area contributed by atoms with Crippen LogP contribution in [0.5, 0.6) is 11.5 Å². The molecule has 0 bridgehead atoms. The van der Waals surface area contributed by atoms with Gasteiger partial charge in [-0.25, -0.2) is 0 Å². The molecular formula is C20H21NO4. The molecule has 0 saturated carbocycles. The zero-order chi connectivity index (χ0) is 17.5. The Morgan fingerprint density at radius 1 is 1.12 bits per heavy atom. The van der Waals surface area contributed by atoms with E-state index in [0.717, 1.165) is 17.7 Å². The van der Waals surface area contributed by atoms with Crippen LogP contribution in [0.4, 0.5) is 5.69 Å². The van der Waals surface area contributed by atoms with Gasteiger partial charge >= 0.3 is 0 Å². The third-order valence-corrected chi connectivity index (χ3v) is 3.81. The van der Waals surface area contributed by atoms with Gasteiger partial charge in [0.05, 0.1) is 17.9 Å². The van der Waals surface area contributed by atoms with Gasteiger partial charge in [-0.1, -0.05) is 30.3 Å². The molecule has 1 heterocycles. The van der Waals surface area contributed by atoms with Crippen molar-refractivity contribution in [2.75, 3.05) is 32.2 Å². The summed E-state index contributed by atoms with van der Waals surface area (Å²) in [4.78, 5) is 12.6. The minimum atomic E-state index is -0.192. The van der Waals surface area contributed by atoms with Crippen molar-refractivity contribution in [3.8, 4) is 11.5 Å². The van der Waals surface area contributed by atoms with E-state index in [9.17, 15) is 4.79 Å². The Kier molecular flexibility index (Phi) is 5.69. The Bertz CT molecular complexity index is 770. The Morgan fingerprint density at radius 3 is 2.80 bits per heavy atom. The van der Waals surface area contributed by atoms with E-state index < -0.39 is 0 Å². The SMILES string of the molecule is COCCCOc1ccccc1NC(=O)C1=Cc2ccccc2OC1. The number of nitrogens with one attached hydrogen (secondary N) is 1. The van der Waals surface area contributed by atoms with Gasteiger partial charge in [0, 0.05) is 25.7 Å². The molecule has 0 atom stereocenters. The lowest BCUT2D eigenvalue weighted by molar-refractivity contribution is -0.113. The van der Waals surface area contributed by atoms with Gasteiger partial charge in [0.1, 0.15) is 18.1 Å². The summed E-state index contributed by atoms with van der Waals surface area (Å²) in [6, 6.07) is 15.0. The number of hydrogen-bond donors (Lipinski definition) is 1. The van der Waals surface area contributed by atoms with Crippen LogP contribution in [0.2, 0.25) is 0 Å². The lowest BCUT2D eigenvalue weighted by Gasteiger charge is -2.18. The second-order valence-electron chi connectivity index (χ2n) is 5.64. The van der Waals surface area contributed by atoms with Gasteiger partial charge in [0.2, 0.25) is 0 Å². The van der Waals surface area contributed by atoms with E-state index in [1.807, 2.05) is 54.6 Å². The minimum Gasteiger partial charge on any atom is -0.491 e. The van der Waals surface area contributed by atoms with Crippen molar-refractivity contribution in [1.29, 1.82) is 0 Å². The molecule has 0 aromatic heterocycles. The molecule has 130 valence electrons. The molecule has 0 unspecified atom stereocenters. The van der Waals surface area contributed by atoms with Crippen LogP contribution in [0.3, 0.4) is 0 Å². The molecule has 0 radical (unpaired) electrons. The van der Waals surface area contributed by atoms with Crippen molar-refractivity contribution in [2.45, 2.75) is 6.42 Å². The predicted octanol–water partition coefficient (Wildman–Crippen LogP) is 3.52. The number of ether oxygens (including phenoxy) is 3. The van der Waals surface area contributed by atoms with E-state index >= 15 is 0 Å². The van der Waals surface area contributed by atoms with Crippen LogP contribution in [0, 0.1) is 0 Å². The number of rotatable bonds is 7. The first-order valence-electron chi connectivity index (χ1n) is 8.22. The molecule has 1 aliphatic rings. The van der Waals surface area contributed by atoms with Gasteiger partial charge < -0.3 is 19.5 Å². The highest BCUT2D eigenvalue weighted by Gasteiger charge is 2.18. The highest BCUT2D eigenvalue weighted by Crippen LogP contribution is 2.28. The maximum atomic E-state index is 12.6. The molecule has 2 aromatic rings. The van der Waals surface area contributed by atoms with Gasteiger partial charge in [-0.15, -0.1) is 0 Å². The first-order chi connectivity index (χ1) is 12.3. The second kappa shape index (κ2) is 8.35. The maximum absolute atomic E-state index is 12.6. The Hall–Kier alpha value is -2.79. The number of para-hydroxylation sites is 3. The standard InChI is InChI=1S/C20H21NO4/c1-23-11-6-12-24-19-10-5-3-8-17(19)21-20(22)16-13-15-7-2-4-9-18(15)25-14-16/h2-5,7-10,13H,6,11-12,14H2,1H3,(H,21,22). The van der Waals surface area contributed by atoms with E-state index in [4.69, 9.17) is 14.2 Å². The zero-order valence-electron chi connectivity index (χ0n) is 14.2. The van der Waals surface area contributed by atoms with Crippen molar-refractivity contribution in [2.24, 2.45) is 0 Å². The van der Waals surface area contributed by atoms with Crippen LogP contribution in [0.1, 0.15) is 12.0 Å². The molecule has 1 N–H and O–H groups in total. The van der Waals surface area contributed by atoms with Gasteiger partial charge in [0.15, 0.2) is 0 Å². The van der Waals surface area contributed by atoms with Crippen LogP contribution < -0.4 is 14.8 Å². The fourth-order valence-corrected chi connectivity index (χ4v) is 2.53. The Labute approximate surface area is 147 Å². The fraction of sp³-hybridized carbons (Fsp3) is 0.250. The summed E-state index contributed by atoms with van der Waals surface area (Å²) in [6.07, 6.45) is 2.64. The largest absolute Gasteiger partial charge is 0.491 e. The van der Waals surface area contributed by atoms with Crippen molar-refractivity contribution in [3.05, 3.63) is 59.7 Å². The Balaban J connectivity index is 1.68. The molecule has 0 spiro atoms. The number of benzene rings is 2. The summed E-state index contributed by atoms with van der Waals surface area (Å²) in [7, 11) is 1.66. The Morgan fingerprint density at radius 2 is 1.92 bits per heavy atom.